The van der Waals surface area contributed by atoms with E-state index in [9.17, 15) is 18.0 Å². The van der Waals surface area contributed by atoms with Crippen molar-refractivity contribution in [2.24, 2.45) is 0 Å². The molecule has 6 rings (SSSR count). The third kappa shape index (κ3) is 5.07. The number of hydrogen-bond donors (Lipinski definition) is 1. The molecule has 5 nitrogen and oxygen atoms in total. The van der Waals surface area contributed by atoms with E-state index in [0.29, 0.717) is 25.1 Å². The number of benzene rings is 2. The van der Waals surface area contributed by atoms with Crippen molar-refractivity contribution in [3.63, 3.8) is 0 Å². The van der Waals surface area contributed by atoms with Crippen LogP contribution in [-0.2, 0) is 30.5 Å². The third-order valence-electron chi connectivity index (χ3n) is 7.24. The van der Waals surface area contributed by atoms with Crippen molar-refractivity contribution in [1.29, 1.82) is 0 Å². The Hall–Kier alpha value is -4.30. The van der Waals surface area contributed by atoms with Crippen LogP contribution in [0.1, 0.15) is 39.7 Å². The molecular formula is C31H25F3N4O. The summed E-state index contributed by atoms with van der Waals surface area (Å²) in [6.07, 6.45) is 1.64. The van der Waals surface area contributed by atoms with E-state index in [0.717, 1.165) is 63.9 Å². The lowest BCUT2D eigenvalue weighted by molar-refractivity contribution is -0.138. The van der Waals surface area contributed by atoms with Crippen molar-refractivity contribution in [3.8, 4) is 22.4 Å². The maximum Gasteiger partial charge on any atom is 0.417 e. The third-order valence-corrected chi connectivity index (χ3v) is 7.24. The fraction of sp³-hybridized carbons (Fsp3) is 0.194. The Morgan fingerprint density at radius 1 is 1.03 bits per heavy atom. The number of hydrogen-bond acceptors (Lipinski definition) is 5. The van der Waals surface area contributed by atoms with Crippen LogP contribution in [0.4, 0.5) is 13.2 Å². The number of pyridine rings is 2. The smallest absolute Gasteiger partial charge is 0.378 e. The number of fused-ring (bicyclic) bond motifs is 2. The van der Waals surface area contributed by atoms with E-state index in [1.54, 1.807) is 6.20 Å². The molecule has 1 atom stereocenters. The Labute approximate surface area is 224 Å². The summed E-state index contributed by atoms with van der Waals surface area (Å²) >= 11 is 0. The molecular weight excluding hydrogens is 501 g/mol. The summed E-state index contributed by atoms with van der Waals surface area (Å²) in [6, 6.07) is 20.9. The molecule has 0 saturated carbocycles. The second-order valence-corrected chi connectivity index (χ2v) is 9.82. The molecule has 0 amide bonds. The summed E-state index contributed by atoms with van der Waals surface area (Å²) in [4.78, 5) is 22.8. The standard InChI is InChI=1S/C31H25F3N4O/c32-31(33,34)24-14-23-18-38(13-11-27(23)36-16-24)17-20-6-8-22(9-7-20)30-25(21-4-2-1-3-5-21)15-26-28(37-30)10-12-35-29(26)19-39/h1-10,12,14-16,19,29,35H,11,13,17-18H2. The minimum Gasteiger partial charge on any atom is -0.378 e. The number of carbonyl (C=O) groups is 1. The molecule has 0 bridgehead atoms. The van der Waals surface area contributed by atoms with Crippen LogP contribution in [-0.4, -0.2) is 27.7 Å². The highest BCUT2D eigenvalue weighted by Crippen LogP contribution is 2.36. The lowest BCUT2D eigenvalue weighted by atomic mass is 9.93. The molecule has 196 valence electrons. The van der Waals surface area contributed by atoms with Gasteiger partial charge < -0.3 is 10.1 Å². The van der Waals surface area contributed by atoms with Gasteiger partial charge in [0.1, 0.15) is 12.3 Å². The maximum absolute atomic E-state index is 13.2. The second-order valence-electron chi connectivity index (χ2n) is 9.82. The van der Waals surface area contributed by atoms with E-state index in [2.05, 4.69) is 15.2 Å². The van der Waals surface area contributed by atoms with Crippen LogP contribution in [0.15, 0.2) is 79.1 Å². The first-order chi connectivity index (χ1) is 18.9. The summed E-state index contributed by atoms with van der Waals surface area (Å²) < 4.78 is 39.5. The SMILES string of the molecule is O=CC1NC=Cc2nc(-c3ccc(CN4CCc5ncc(C(F)(F)F)cc5C4)cc3)c(-c3ccccc3)cc21. The number of nitrogens with one attached hydrogen (secondary N) is 1. The van der Waals surface area contributed by atoms with Crippen LogP contribution < -0.4 is 5.32 Å². The van der Waals surface area contributed by atoms with Crippen molar-refractivity contribution >= 4 is 12.4 Å². The van der Waals surface area contributed by atoms with Gasteiger partial charge in [0.15, 0.2) is 0 Å². The molecule has 4 aromatic rings. The van der Waals surface area contributed by atoms with Crippen LogP contribution in [0.5, 0.6) is 0 Å². The Bertz CT molecular complexity index is 1550. The van der Waals surface area contributed by atoms with Crippen LogP contribution in [0.2, 0.25) is 0 Å². The monoisotopic (exact) mass is 526 g/mol. The van der Waals surface area contributed by atoms with Crippen molar-refractivity contribution < 1.29 is 18.0 Å². The lowest BCUT2D eigenvalue weighted by Gasteiger charge is -2.28. The molecule has 8 heteroatoms. The van der Waals surface area contributed by atoms with Gasteiger partial charge in [-0.2, -0.15) is 13.2 Å². The zero-order chi connectivity index (χ0) is 27.0. The van der Waals surface area contributed by atoms with E-state index >= 15 is 0 Å². The zero-order valence-electron chi connectivity index (χ0n) is 20.9. The Morgan fingerprint density at radius 3 is 2.56 bits per heavy atom. The summed E-state index contributed by atoms with van der Waals surface area (Å²) in [5.41, 5.74) is 7.02. The number of aldehydes is 1. The molecule has 0 aliphatic carbocycles. The van der Waals surface area contributed by atoms with Crippen molar-refractivity contribution in [2.75, 3.05) is 6.54 Å². The van der Waals surface area contributed by atoms with Gasteiger partial charge in [-0.1, -0.05) is 54.6 Å². The average Bonchev–Trinajstić information content (AvgIpc) is 2.96. The van der Waals surface area contributed by atoms with E-state index in [1.165, 1.54) is 6.07 Å². The second kappa shape index (κ2) is 10.1. The molecule has 0 spiro atoms. The molecule has 0 radical (unpaired) electrons. The van der Waals surface area contributed by atoms with Gasteiger partial charge in [0.25, 0.3) is 0 Å². The molecule has 2 aromatic carbocycles. The van der Waals surface area contributed by atoms with Gasteiger partial charge in [-0.25, -0.2) is 4.98 Å². The van der Waals surface area contributed by atoms with Crippen molar-refractivity contribution in [3.05, 3.63) is 113 Å². The normalized spacial score (nSPS) is 16.7. The van der Waals surface area contributed by atoms with Gasteiger partial charge in [0.05, 0.1) is 17.0 Å². The van der Waals surface area contributed by atoms with Crippen LogP contribution >= 0.6 is 0 Å². The first kappa shape index (κ1) is 25.0. The van der Waals surface area contributed by atoms with E-state index in [4.69, 9.17) is 4.98 Å². The average molecular weight is 527 g/mol. The van der Waals surface area contributed by atoms with E-state index in [1.807, 2.05) is 66.7 Å². The van der Waals surface area contributed by atoms with Gasteiger partial charge in [0.2, 0.25) is 0 Å². The molecule has 2 aliphatic heterocycles. The van der Waals surface area contributed by atoms with E-state index in [-0.39, 0.29) is 0 Å². The van der Waals surface area contributed by atoms with Gasteiger partial charge in [-0.15, -0.1) is 0 Å². The predicted molar refractivity (Wildman–Crippen MR) is 143 cm³/mol. The number of rotatable bonds is 5. The van der Waals surface area contributed by atoms with E-state index < -0.39 is 17.8 Å². The largest absolute Gasteiger partial charge is 0.417 e. The van der Waals surface area contributed by atoms with Gasteiger partial charge in [-0.05, 0) is 41.1 Å². The number of carbonyl (C=O) groups excluding carboxylic acids is 1. The van der Waals surface area contributed by atoms with Crippen LogP contribution in [0, 0.1) is 0 Å². The minimum atomic E-state index is -4.40. The van der Waals surface area contributed by atoms with Crippen molar-refractivity contribution in [2.45, 2.75) is 31.7 Å². The number of nitrogens with zero attached hydrogens (tertiary/aromatic N) is 3. The molecule has 39 heavy (non-hydrogen) atoms. The molecule has 0 fully saturated rings. The molecule has 4 heterocycles. The lowest BCUT2D eigenvalue weighted by Crippen LogP contribution is -2.31. The minimum absolute atomic E-state index is 0.427. The predicted octanol–water partition coefficient (Wildman–Crippen LogP) is 6.20. The number of halogens is 3. The highest BCUT2D eigenvalue weighted by molar-refractivity contribution is 5.84. The number of aromatic nitrogens is 2. The topological polar surface area (TPSA) is 58.1 Å². The highest BCUT2D eigenvalue weighted by atomic mass is 19.4. The summed E-state index contributed by atoms with van der Waals surface area (Å²) in [7, 11) is 0. The fourth-order valence-electron chi connectivity index (χ4n) is 5.22. The maximum atomic E-state index is 13.2. The van der Waals surface area contributed by atoms with Crippen LogP contribution in [0.3, 0.4) is 0 Å². The summed E-state index contributed by atoms with van der Waals surface area (Å²) in [5, 5.41) is 3.07. The van der Waals surface area contributed by atoms with Gasteiger partial charge in [0, 0.05) is 54.6 Å². The Balaban J connectivity index is 1.27. The summed E-state index contributed by atoms with van der Waals surface area (Å²) in [6.45, 7) is 1.78. The quantitative estimate of drug-likeness (QED) is 0.314. The first-order valence-electron chi connectivity index (χ1n) is 12.7. The van der Waals surface area contributed by atoms with Gasteiger partial charge in [-0.3, -0.25) is 9.88 Å². The van der Waals surface area contributed by atoms with Crippen LogP contribution in [0.25, 0.3) is 28.5 Å². The summed E-state index contributed by atoms with van der Waals surface area (Å²) in [5.74, 6) is 0. The molecule has 1 N–H and O–H groups in total. The van der Waals surface area contributed by atoms with Crippen molar-refractivity contribution in [1.82, 2.24) is 20.2 Å². The molecule has 0 saturated heterocycles. The van der Waals surface area contributed by atoms with Gasteiger partial charge >= 0.3 is 6.18 Å². The zero-order valence-corrected chi connectivity index (χ0v) is 20.9. The molecule has 1 unspecified atom stereocenters. The highest BCUT2D eigenvalue weighted by Gasteiger charge is 2.32. The fourth-order valence-corrected chi connectivity index (χ4v) is 5.22. The number of alkyl halides is 3. The molecule has 2 aromatic heterocycles. The molecule has 2 aliphatic rings. The Kier molecular flexibility index (Phi) is 6.48. The Morgan fingerprint density at radius 2 is 1.82 bits per heavy atom. The first-order valence-corrected chi connectivity index (χ1v) is 12.7.